The van der Waals surface area contributed by atoms with Crippen LogP contribution in [-0.4, -0.2) is 15.3 Å². The fourth-order valence-corrected chi connectivity index (χ4v) is 11.4. The fraction of sp³-hybridized carbons (Fsp3) is 0.0476. The summed E-state index contributed by atoms with van der Waals surface area (Å²) in [5.41, 5.74) is 16.3. The van der Waals surface area contributed by atoms with Crippen molar-refractivity contribution in [1.29, 1.82) is 0 Å². The van der Waals surface area contributed by atoms with Gasteiger partial charge >= 0.3 is 0 Å². The van der Waals surface area contributed by atoms with Gasteiger partial charge in [0, 0.05) is 33.4 Å². The number of aliphatic hydroxyl groups is 3. The molecule has 3 aliphatic carbocycles. The predicted octanol–water partition coefficient (Wildman–Crippen LogP) is 13.5. The van der Waals surface area contributed by atoms with Gasteiger partial charge in [-0.15, -0.1) is 0 Å². The second-order valence-corrected chi connectivity index (χ2v) is 17.9. The number of hydrogen-bond acceptors (Lipinski definition) is 3. The maximum atomic E-state index is 12.6. The van der Waals surface area contributed by atoms with Crippen LogP contribution in [0.4, 0.5) is 0 Å². The molecule has 0 unspecified atom stereocenters. The molecule has 0 saturated heterocycles. The predicted molar refractivity (Wildman–Crippen MR) is 265 cm³/mol. The summed E-state index contributed by atoms with van der Waals surface area (Å²) in [7, 11) is 0. The quantitative estimate of drug-likeness (QED) is 0.156. The van der Waals surface area contributed by atoms with Gasteiger partial charge in [0.2, 0.25) is 0 Å². The van der Waals surface area contributed by atoms with Gasteiger partial charge < -0.3 is 15.3 Å². The van der Waals surface area contributed by atoms with Crippen LogP contribution in [0.2, 0.25) is 0 Å². The van der Waals surface area contributed by atoms with Crippen molar-refractivity contribution in [3.05, 3.63) is 287 Å². The molecule has 10 aromatic rings. The molecule has 0 atom stereocenters. The fourth-order valence-electron chi connectivity index (χ4n) is 11.4. The average molecular weight is 847 g/mol. The number of benzene rings is 10. The molecular formula is C63H42O3. The summed E-state index contributed by atoms with van der Waals surface area (Å²) in [6, 6.07) is 80.5. The largest absolute Gasteiger partial charge is 0.376 e. The highest BCUT2D eigenvalue weighted by Crippen LogP contribution is 2.54. The van der Waals surface area contributed by atoms with Crippen LogP contribution in [0.1, 0.15) is 50.1 Å². The molecule has 0 spiro atoms. The molecule has 0 amide bonds. The van der Waals surface area contributed by atoms with Crippen LogP contribution >= 0.6 is 0 Å². The molecule has 13 rings (SSSR count). The monoisotopic (exact) mass is 846 g/mol. The minimum atomic E-state index is -1.28. The molecule has 3 heteroatoms. The molecule has 3 N–H and O–H groups in total. The third-order valence-electron chi connectivity index (χ3n) is 14.6. The van der Waals surface area contributed by atoms with Crippen LogP contribution in [0.5, 0.6) is 0 Å². The Morgan fingerprint density at radius 1 is 0.197 bits per heavy atom. The van der Waals surface area contributed by atoms with Gasteiger partial charge in [-0.3, -0.25) is 0 Å². The summed E-state index contributed by atoms with van der Waals surface area (Å²) >= 11 is 0. The van der Waals surface area contributed by atoms with Gasteiger partial charge in [0.1, 0.15) is 16.8 Å². The Hall–Kier alpha value is -7.92. The Morgan fingerprint density at radius 3 is 0.576 bits per heavy atom. The van der Waals surface area contributed by atoms with E-state index in [1.165, 1.54) is 0 Å². The van der Waals surface area contributed by atoms with Crippen LogP contribution in [0.25, 0.3) is 66.8 Å². The molecular weight excluding hydrogens is 805 g/mol. The second kappa shape index (κ2) is 14.3. The van der Waals surface area contributed by atoms with E-state index in [1.54, 1.807) is 0 Å². The first kappa shape index (κ1) is 38.5. The highest BCUT2D eigenvalue weighted by atomic mass is 16.3. The zero-order valence-electron chi connectivity index (χ0n) is 35.9. The lowest BCUT2D eigenvalue weighted by atomic mass is 9.82. The Labute approximate surface area is 383 Å². The van der Waals surface area contributed by atoms with Crippen LogP contribution in [0.15, 0.2) is 237 Å². The molecule has 0 fully saturated rings. The van der Waals surface area contributed by atoms with Crippen molar-refractivity contribution < 1.29 is 15.3 Å². The third-order valence-corrected chi connectivity index (χ3v) is 14.6. The second-order valence-electron chi connectivity index (χ2n) is 17.9. The minimum absolute atomic E-state index is 0.812. The van der Waals surface area contributed by atoms with Gasteiger partial charge in [-0.2, -0.15) is 0 Å². The first-order valence-corrected chi connectivity index (χ1v) is 22.6. The van der Waals surface area contributed by atoms with Crippen LogP contribution in [0.3, 0.4) is 0 Å². The van der Waals surface area contributed by atoms with Crippen molar-refractivity contribution in [3.63, 3.8) is 0 Å². The Kier molecular flexibility index (Phi) is 8.34. The molecule has 0 saturated carbocycles. The molecule has 66 heavy (non-hydrogen) atoms. The Morgan fingerprint density at radius 2 is 0.379 bits per heavy atom. The maximum Gasteiger partial charge on any atom is 0.141 e. The summed E-state index contributed by atoms with van der Waals surface area (Å²) in [6.07, 6.45) is 0. The summed E-state index contributed by atoms with van der Waals surface area (Å²) in [6.45, 7) is 0. The lowest BCUT2D eigenvalue weighted by Crippen LogP contribution is -2.26. The van der Waals surface area contributed by atoms with E-state index in [2.05, 4.69) is 127 Å². The van der Waals surface area contributed by atoms with Crippen molar-refractivity contribution >= 4 is 0 Å². The molecule has 10 aromatic carbocycles. The van der Waals surface area contributed by atoms with Crippen molar-refractivity contribution in [3.8, 4) is 66.8 Å². The normalized spacial score (nSPS) is 15.0. The van der Waals surface area contributed by atoms with E-state index in [0.717, 1.165) is 117 Å². The van der Waals surface area contributed by atoms with Gasteiger partial charge in [-0.25, -0.2) is 0 Å². The lowest BCUT2D eigenvalue weighted by Gasteiger charge is -2.27. The van der Waals surface area contributed by atoms with Crippen molar-refractivity contribution in [2.75, 3.05) is 0 Å². The Balaban J connectivity index is 0.918. The molecule has 3 aliphatic rings. The molecule has 0 aromatic heterocycles. The number of rotatable bonds is 6. The molecule has 312 valence electrons. The third kappa shape index (κ3) is 5.36. The number of fused-ring (bicyclic) bond motifs is 9. The first-order valence-electron chi connectivity index (χ1n) is 22.6. The van der Waals surface area contributed by atoms with E-state index in [1.807, 2.05) is 109 Å². The summed E-state index contributed by atoms with van der Waals surface area (Å²) < 4.78 is 0. The van der Waals surface area contributed by atoms with Crippen molar-refractivity contribution in [2.24, 2.45) is 0 Å². The molecule has 0 bridgehead atoms. The molecule has 3 nitrogen and oxygen atoms in total. The topological polar surface area (TPSA) is 60.7 Å². The van der Waals surface area contributed by atoms with Crippen LogP contribution < -0.4 is 0 Å². The number of hydrogen-bond donors (Lipinski definition) is 3. The van der Waals surface area contributed by atoms with E-state index < -0.39 is 16.8 Å². The molecule has 0 radical (unpaired) electrons. The van der Waals surface area contributed by atoms with E-state index in [9.17, 15) is 15.3 Å². The summed E-state index contributed by atoms with van der Waals surface area (Å²) in [5.74, 6) is 0. The van der Waals surface area contributed by atoms with E-state index in [0.29, 0.717) is 0 Å². The summed E-state index contributed by atoms with van der Waals surface area (Å²) in [5, 5.41) is 37.9. The lowest BCUT2D eigenvalue weighted by molar-refractivity contribution is 0.130. The SMILES string of the molecule is OC1(c2ccc(-c3cc(-c4ccc(C5(O)c6ccccc6-c6ccccc65)cc4)cc(-c4ccc(C5(O)c6ccccc6-c6ccccc65)cc4)c3)cc2)c2ccccc2-c2ccccc21. The van der Waals surface area contributed by atoms with Crippen LogP contribution in [-0.2, 0) is 16.8 Å². The van der Waals surface area contributed by atoms with Crippen LogP contribution in [0, 0.1) is 0 Å². The minimum Gasteiger partial charge on any atom is -0.376 e. The van der Waals surface area contributed by atoms with Gasteiger partial charge in [0.25, 0.3) is 0 Å². The zero-order chi connectivity index (χ0) is 44.2. The van der Waals surface area contributed by atoms with E-state index in [-0.39, 0.29) is 0 Å². The van der Waals surface area contributed by atoms with Crippen molar-refractivity contribution in [1.82, 2.24) is 0 Å². The standard InChI is InChI=1S/C63H42O3/c64-61(55-19-7-1-13-49(55)50-14-2-8-20-56(50)61)46-31-25-40(26-32-46)43-37-44(41-27-33-47(34-28-41)62(65)57-21-9-3-15-51(57)52-16-4-10-22-58(52)62)39-45(38-43)42-29-35-48(36-30-42)63(66)59-23-11-5-17-53(59)54-18-6-12-24-60(54)63/h1-39,64-66H. The zero-order valence-corrected chi connectivity index (χ0v) is 35.9. The first-order chi connectivity index (χ1) is 32.3. The van der Waals surface area contributed by atoms with Gasteiger partial charge in [-0.05, 0) is 102 Å². The highest BCUT2D eigenvalue weighted by Gasteiger charge is 2.45. The van der Waals surface area contributed by atoms with Gasteiger partial charge in [-0.1, -0.05) is 218 Å². The smallest absolute Gasteiger partial charge is 0.141 e. The van der Waals surface area contributed by atoms with Gasteiger partial charge in [0.15, 0.2) is 0 Å². The molecule has 0 heterocycles. The van der Waals surface area contributed by atoms with E-state index >= 15 is 0 Å². The van der Waals surface area contributed by atoms with Crippen molar-refractivity contribution in [2.45, 2.75) is 16.8 Å². The molecule has 0 aliphatic heterocycles. The van der Waals surface area contributed by atoms with E-state index in [4.69, 9.17) is 0 Å². The van der Waals surface area contributed by atoms with Gasteiger partial charge in [0.05, 0.1) is 0 Å². The Bertz CT molecular complexity index is 3040. The average Bonchev–Trinajstić information content (AvgIpc) is 3.93. The maximum absolute atomic E-state index is 12.6. The highest BCUT2D eigenvalue weighted by molar-refractivity contribution is 5.87. The summed E-state index contributed by atoms with van der Waals surface area (Å²) in [4.78, 5) is 0.